The zero-order chi connectivity index (χ0) is 22.1. The van der Waals surface area contributed by atoms with Crippen LogP contribution in [0.2, 0.25) is 5.02 Å². The predicted octanol–water partition coefficient (Wildman–Crippen LogP) is 4.54. The number of nitrogens with zero attached hydrogens (tertiary/aromatic N) is 4. The van der Waals surface area contributed by atoms with E-state index in [9.17, 15) is 0 Å². The SMILES string of the molecule is CCn1cnnc1CN=C(NCCc1cccc(Cl)c1)Nc1ccc(OC(C)C)cc1. The Morgan fingerprint density at radius 3 is 2.71 bits per heavy atom. The Kier molecular flexibility index (Phi) is 8.29. The molecule has 2 N–H and O–H groups in total. The van der Waals surface area contributed by atoms with Gasteiger partial charge in [-0.3, -0.25) is 0 Å². The highest BCUT2D eigenvalue weighted by Crippen LogP contribution is 2.17. The standard InChI is InChI=1S/C23H29ClN6O/c1-4-30-16-27-29-22(30)15-26-23(25-13-12-18-6-5-7-19(24)14-18)28-20-8-10-21(11-9-20)31-17(2)3/h5-11,14,16-17H,4,12-13,15H2,1-3H3,(H2,25,26,28). The lowest BCUT2D eigenvalue weighted by Crippen LogP contribution is -2.32. The Bertz CT molecular complexity index is 984. The molecular formula is C23H29ClN6O. The van der Waals surface area contributed by atoms with Crippen LogP contribution in [0.15, 0.2) is 59.9 Å². The largest absolute Gasteiger partial charge is 0.491 e. The molecule has 3 rings (SSSR count). The Morgan fingerprint density at radius 2 is 2.00 bits per heavy atom. The molecule has 0 aliphatic carbocycles. The Balaban J connectivity index is 1.67. The van der Waals surface area contributed by atoms with Gasteiger partial charge in [-0.05, 0) is 69.2 Å². The van der Waals surface area contributed by atoms with E-state index in [1.807, 2.05) is 60.9 Å². The summed E-state index contributed by atoms with van der Waals surface area (Å²) in [5.74, 6) is 2.33. The van der Waals surface area contributed by atoms with E-state index in [0.717, 1.165) is 35.2 Å². The van der Waals surface area contributed by atoms with Crippen molar-refractivity contribution in [1.29, 1.82) is 0 Å². The second-order valence-electron chi connectivity index (χ2n) is 7.32. The molecule has 0 spiro atoms. The molecule has 3 aromatic rings. The lowest BCUT2D eigenvalue weighted by atomic mass is 10.1. The van der Waals surface area contributed by atoms with E-state index in [1.165, 1.54) is 5.56 Å². The van der Waals surface area contributed by atoms with Crippen molar-refractivity contribution >= 4 is 23.2 Å². The fourth-order valence-electron chi connectivity index (χ4n) is 3.00. The van der Waals surface area contributed by atoms with Gasteiger partial charge in [0, 0.05) is 23.8 Å². The van der Waals surface area contributed by atoms with Gasteiger partial charge in [0.1, 0.15) is 18.6 Å². The fraction of sp³-hybridized carbons (Fsp3) is 0.348. The number of aliphatic imine (C=N–C) groups is 1. The molecule has 1 aromatic heterocycles. The maximum Gasteiger partial charge on any atom is 0.196 e. The summed E-state index contributed by atoms with van der Waals surface area (Å²) in [6, 6.07) is 15.7. The van der Waals surface area contributed by atoms with Crippen LogP contribution in [0.4, 0.5) is 5.69 Å². The first kappa shape index (κ1) is 22.6. The number of benzene rings is 2. The second-order valence-corrected chi connectivity index (χ2v) is 7.76. The molecule has 0 saturated carbocycles. The summed E-state index contributed by atoms with van der Waals surface area (Å²) in [6.07, 6.45) is 2.69. The second kappa shape index (κ2) is 11.4. The van der Waals surface area contributed by atoms with Crippen LogP contribution in [0.1, 0.15) is 32.2 Å². The minimum atomic E-state index is 0.139. The summed E-state index contributed by atoms with van der Waals surface area (Å²) in [5.41, 5.74) is 2.09. The maximum atomic E-state index is 6.09. The van der Waals surface area contributed by atoms with E-state index in [4.69, 9.17) is 21.3 Å². The van der Waals surface area contributed by atoms with Crippen molar-refractivity contribution in [3.8, 4) is 5.75 Å². The lowest BCUT2D eigenvalue weighted by Gasteiger charge is -2.14. The summed E-state index contributed by atoms with van der Waals surface area (Å²) in [7, 11) is 0. The Hall–Kier alpha value is -3.06. The zero-order valence-corrected chi connectivity index (χ0v) is 18.9. The number of rotatable bonds is 9. The minimum Gasteiger partial charge on any atom is -0.491 e. The number of nitrogens with one attached hydrogen (secondary N) is 2. The number of guanidine groups is 1. The van der Waals surface area contributed by atoms with E-state index < -0.39 is 0 Å². The molecule has 0 atom stereocenters. The minimum absolute atomic E-state index is 0.139. The molecule has 0 bridgehead atoms. The molecule has 0 amide bonds. The zero-order valence-electron chi connectivity index (χ0n) is 18.2. The molecule has 1 heterocycles. The number of aromatic nitrogens is 3. The number of ether oxygens (including phenoxy) is 1. The molecule has 8 heteroatoms. The third-order valence-corrected chi connectivity index (χ3v) is 4.73. The number of hydrogen-bond donors (Lipinski definition) is 2. The van der Waals surface area contributed by atoms with Crippen molar-refractivity contribution in [2.75, 3.05) is 11.9 Å². The molecule has 0 aliphatic heterocycles. The van der Waals surface area contributed by atoms with Crippen LogP contribution in [0.25, 0.3) is 0 Å². The summed E-state index contributed by atoms with van der Waals surface area (Å²) < 4.78 is 7.69. The first-order valence-corrected chi connectivity index (χ1v) is 10.8. The van der Waals surface area contributed by atoms with Gasteiger partial charge in [-0.1, -0.05) is 23.7 Å². The summed E-state index contributed by atoms with van der Waals surface area (Å²) in [4.78, 5) is 4.70. The van der Waals surface area contributed by atoms with Gasteiger partial charge in [-0.25, -0.2) is 4.99 Å². The molecule has 7 nitrogen and oxygen atoms in total. The van der Waals surface area contributed by atoms with Crippen molar-refractivity contribution in [2.24, 2.45) is 4.99 Å². The third-order valence-electron chi connectivity index (χ3n) is 4.50. The van der Waals surface area contributed by atoms with Crippen molar-refractivity contribution in [2.45, 2.75) is 46.4 Å². The predicted molar refractivity (Wildman–Crippen MR) is 126 cm³/mol. The van der Waals surface area contributed by atoms with Gasteiger partial charge in [-0.2, -0.15) is 0 Å². The number of halogens is 1. The quantitative estimate of drug-likeness (QED) is 0.377. The number of aryl methyl sites for hydroxylation is 1. The van der Waals surface area contributed by atoms with E-state index in [0.29, 0.717) is 19.0 Å². The summed E-state index contributed by atoms with van der Waals surface area (Å²) >= 11 is 6.09. The van der Waals surface area contributed by atoms with E-state index in [2.05, 4.69) is 33.8 Å². The van der Waals surface area contributed by atoms with Crippen LogP contribution in [0.5, 0.6) is 5.75 Å². The van der Waals surface area contributed by atoms with Crippen molar-refractivity contribution < 1.29 is 4.74 Å². The summed E-state index contributed by atoms with van der Waals surface area (Å²) in [6.45, 7) is 8.02. The van der Waals surface area contributed by atoms with E-state index in [1.54, 1.807) is 6.33 Å². The molecule has 0 fully saturated rings. The lowest BCUT2D eigenvalue weighted by molar-refractivity contribution is 0.242. The van der Waals surface area contributed by atoms with Crippen molar-refractivity contribution in [1.82, 2.24) is 20.1 Å². The average Bonchev–Trinajstić information content (AvgIpc) is 3.20. The fourth-order valence-corrected chi connectivity index (χ4v) is 3.21. The molecular weight excluding hydrogens is 412 g/mol. The highest BCUT2D eigenvalue weighted by atomic mass is 35.5. The van der Waals surface area contributed by atoms with Crippen LogP contribution in [-0.2, 0) is 19.5 Å². The third kappa shape index (κ3) is 7.29. The smallest absolute Gasteiger partial charge is 0.196 e. The molecule has 0 unspecified atom stereocenters. The highest BCUT2D eigenvalue weighted by molar-refractivity contribution is 6.30. The Morgan fingerprint density at radius 1 is 1.19 bits per heavy atom. The van der Waals surface area contributed by atoms with Crippen molar-refractivity contribution in [3.63, 3.8) is 0 Å². The van der Waals surface area contributed by atoms with Crippen LogP contribution in [0.3, 0.4) is 0 Å². The normalized spacial score (nSPS) is 11.6. The number of anilines is 1. The van der Waals surface area contributed by atoms with Gasteiger partial charge in [-0.15, -0.1) is 10.2 Å². The monoisotopic (exact) mass is 440 g/mol. The molecule has 2 aromatic carbocycles. The average molecular weight is 441 g/mol. The molecule has 0 radical (unpaired) electrons. The van der Waals surface area contributed by atoms with E-state index in [-0.39, 0.29) is 6.10 Å². The molecule has 0 aliphatic rings. The topological polar surface area (TPSA) is 76.4 Å². The molecule has 31 heavy (non-hydrogen) atoms. The number of hydrogen-bond acceptors (Lipinski definition) is 4. The van der Waals surface area contributed by atoms with Crippen LogP contribution < -0.4 is 15.4 Å². The Labute approximate surface area is 188 Å². The van der Waals surface area contributed by atoms with Crippen LogP contribution in [0, 0.1) is 0 Å². The first-order chi connectivity index (χ1) is 15.0. The van der Waals surface area contributed by atoms with Gasteiger partial charge in [0.2, 0.25) is 0 Å². The van der Waals surface area contributed by atoms with Gasteiger partial charge in [0.15, 0.2) is 11.8 Å². The molecule has 0 saturated heterocycles. The van der Waals surface area contributed by atoms with Gasteiger partial charge >= 0.3 is 0 Å². The van der Waals surface area contributed by atoms with Crippen molar-refractivity contribution in [3.05, 3.63) is 71.3 Å². The van der Waals surface area contributed by atoms with Crippen LogP contribution in [-0.4, -0.2) is 33.4 Å². The van der Waals surface area contributed by atoms with Gasteiger partial charge in [0.25, 0.3) is 0 Å². The van der Waals surface area contributed by atoms with Gasteiger partial charge in [0.05, 0.1) is 6.10 Å². The maximum absolute atomic E-state index is 6.09. The first-order valence-electron chi connectivity index (χ1n) is 10.5. The van der Waals surface area contributed by atoms with Gasteiger partial charge < -0.3 is 19.9 Å². The highest BCUT2D eigenvalue weighted by Gasteiger charge is 2.06. The van der Waals surface area contributed by atoms with E-state index >= 15 is 0 Å². The van der Waals surface area contributed by atoms with Crippen LogP contribution >= 0.6 is 11.6 Å². The molecule has 164 valence electrons. The summed E-state index contributed by atoms with van der Waals surface area (Å²) in [5, 5.41) is 15.6.